The predicted octanol–water partition coefficient (Wildman–Crippen LogP) is 3.65. The summed E-state index contributed by atoms with van der Waals surface area (Å²) in [6, 6.07) is 13.2. The van der Waals surface area contributed by atoms with Gasteiger partial charge < -0.3 is 0 Å². The minimum atomic E-state index is -3.77. The molecule has 2 aromatic carbocycles. The lowest BCUT2D eigenvalue weighted by Gasteiger charge is -2.35. The maximum Gasteiger partial charge on any atom is 0.276 e. The van der Waals surface area contributed by atoms with Crippen LogP contribution in [0.1, 0.15) is 36.8 Å². The summed E-state index contributed by atoms with van der Waals surface area (Å²) in [5.74, 6) is -0.0795. The van der Waals surface area contributed by atoms with Crippen LogP contribution in [0, 0.1) is 25.7 Å². The van der Waals surface area contributed by atoms with Crippen molar-refractivity contribution in [1.29, 1.82) is 0 Å². The van der Waals surface area contributed by atoms with Crippen LogP contribution in [0.15, 0.2) is 80.7 Å². The van der Waals surface area contributed by atoms with E-state index in [1.54, 1.807) is 48.5 Å². The van der Waals surface area contributed by atoms with Gasteiger partial charge in [0.05, 0.1) is 9.79 Å². The molecule has 0 spiro atoms. The molecule has 0 saturated heterocycles. The Balaban J connectivity index is 1.51. The van der Waals surface area contributed by atoms with E-state index in [4.69, 9.17) is 0 Å². The molecule has 1 saturated carbocycles. The van der Waals surface area contributed by atoms with Crippen LogP contribution in [0.3, 0.4) is 0 Å². The first kappa shape index (κ1) is 24.2. The number of hydrogen-bond acceptors (Lipinski definition) is 6. The third kappa shape index (κ3) is 5.39. The zero-order valence-corrected chi connectivity index (χ0v) is 20.7. The van der Waals surface area contributed by atoms with Gasteiger partial charge in [-0.25, -0.2) is 9.66 Å². The summed E-state index contributed by atoms with van der Waals surface area (Å²) in [5.41, 5.74) is 3.45. The molecule has 2 N–H and O–H groups in total. The average Bonchev–Trinajstić information content (AvgIpc) is 2.82. The van der Waals surface area contributed by atoms with E-state index >= 15 is 0 Å². The highest BCUT2D eigenvalue weighted by molar-refractivity contribution is 7.89. The first-order chi connectivity index (χ1) is 16.2. The quantitative estimate of drug-likeness (QED) is 0.465. The Labute approximate surface area is 201 Å². The van der Waals surface area contributed by atoms with Crippen LogP contribution < -0.4 is 9.66 Å². The smallest absolute Gasteiger partial charge is 0.200 e. The number of nitrogens with one attached hydrogen (secondary N) is 2. The Morgan fingerprint density at radius 3 is 1.35 bits per heavy atom. The lowest BCUT2D eigenvalue weighted by Crippen LogP contribution is -2.39. The van der Waals surface area contributed by atoms with Crippen molar-refractivity contribution < 1.29 is 16.8 Å². The molecule has 0 heterocycles. The van der Waals surface area contributed by atoms with Crippen LogP contribution in [-0.2, 0) is 20.0 Å². The highest BCUT2D eigenvalue weighted by atomic mass is 32.2. The van der Waals surface area contributed by atoms with Crippen LogP contribution >= 0.6 is 0 Å². The van der Waals surface area contributed by atoms with Gasteiger partial charge in [-0.15, -0.1) is 0 Å². The van der Waals surface area contributed by atoms with Gasteiger partial charge >= 0.3 is 0 Å². The highest BCUT2D eigenvalue weighted by Crippen LogP contribution is 2.35. The van der Waals surface area contributed by atoms with Gasteiger partial charge in [0.15, 0.2) is 0 Å². The highest BCUT2D eigenvalue weighted by Gasteiger charge is 2.35. The van der Waals surface area contributed by atoms with Gasteiger partial charge in [-0.2, -0.15) is 27.0 Å². The Morgan fingerprint density at radius 2 is 1.00 bits per heavy atom. The van der Waals surface area contributed by atoms with Crippen molar-refractivity contribution in [1.82, 2.24) is 9.66 Å². The fraction of sp³-hybridized carbons (Fsp3) is 0.333. The van der Waals surface area contributed by atoms with E-state index in [1.165, 1.54) is 0 Å². The predicted molar refractivity (Wildman–Crippen MR) is 132 cm³/mol. The number of aryl methyl sites for hydroxylation is 2. The number of benzene rings is 2. The topological polar surface area (TPSA) is 117 Å². The number of sulfonamides is 2. The Bertz CT molecular complexity index is 1240. The van der Waals surface area contributed by atoms with E-state index in [2.05, 4.69) is 19.9 Å². The van der Waals surface area contributed by atoms with E-state index in [-0.39, 0.29) is 21.6 Å². The molecule has 0 radical (unpaired) electrons. The lowest BCUT2D eigenvalue weighted by atomic mass is 9.71. The Morgan fingerprint density at radius 1 is 0.647 bits per heavy atom. The number of nitrogens with zero attached hydrogens (tertiary/aromatic N) is 2. The number of hydrogen-bond donors (Lipinski definition) is 2. The second-order valence-electron chi connectivity index (χ2n) is 8.68. The van der Waals surface area contributed by atoms with E-state index in [0.717, 1.165) is 22.6 Å². The molecule has 2 aliphatic carbocycles. The standard InChI is InChI=1S/C24H28N4O4S2/c1-17-7-11-19(12-8-17)33(29,30)27-25-23-15-16-24(22-6-4-3-5-21(22)23)26-28-34(31,32)20-13-9-18(2)10-14-20/h3-4,7-14,21-22,27-28H,5-6,15-16H2,1-2H3/b25-23-,26-24-/t21-,22-/m0/s1. The first-order valence-electron chi connectivity index (χ1n) is 11.1. The third-order valence-corrected chi connectivity index (χ3v) is 8.66. The number of hydrazone groups is 2. The summed E-state index contributed by atoms with van der Waals surface area (Å²) in [7, 11) is -7.54. The Hall–Kier alpha value is -2.98. The fourth-order valence-electron chi connectivity index (χ4n) is 4.23. The average molecular weight is 501 g/mol. The summed E-state index contributed by atoms with van der Waals surface area (Å²) in [4.78, 5) is 5.08. The largest absolute Gasteiger partial charge is 0.276 e. The summed E-state index contributed by atoms with van der Waals surface area (Å²) < 4.78 is 50.6. The molecule has 2 aromatic rings. The zero-order valence-electron chi connectivity index (χ0n) is 19.1. The summed E-state index contributed by atoms with van der Waals surface area (Å²) in [6.45, 7) is 3.78. The SMILES string of the molecule is Cc1ccc(S(=O)(=O)N/N=C2/CC/C(=N/NS(=O)(=O)c3ccc(C)cc3)[C@H]3CC=CC[C@H]23)cc1. The molecule has 0 aliphatic heterocycles. The van der Waals surface area contributed by atoms with Crippen LogP contribution in [0.25, 0.3) is 0 Å². The fourth-order valence-corrected chi connectivity index (χ4v) is 5.91. The molecule has 180 valence electrons. The van der Waals surface area contributed by atoms with E-state index in [1.807, 2.05) is 26.0 Å². The molecule has 0 aromatic heterocycles. The normalized spacial score (nSPS) is 23.0. The maximum absolute atomic E-state index is 12.6. The third-order valence-electron chi connectivity index (χ3n) is 6.21. The minimum absolute atomic E-state index is 0.0397. The van der Waals surface area contributed by atoms with E-state index in [9.17, 15) is 16.8 Å². The van der Waals surface area contributed by atoms with Crippen molar-refractivity contribution in [2.45, 2.75) is 49.3 Å². The molecular weight excluding hydrogens is 472 g/mol. The molecule has 1 fully saturated rings. The van der Waals surface area contributed by atoms with Gasteiger partial charge in [0.25, 0.3) is 20.0 Å². The molecule has 2 atom stereocenters. The molecule has 0 bridgehead atoms. The molecule has 4 rings (SSSR count). The van der Waals surface area contributed by atoms with Crippen LogP contribution in [0.5, 0.6) is 0 Å². The van der Waals surface area contributed by atoms with E-state index in [0.29, 0.717) is 25.7 Å². The maximum atomic E-state index is 12.6. The lowest BCUT2D eigenvalue weighted by molar-refractivity contribution is 0.485. The molecular formula is C24H28N4O4S2. The van der Waals surface area contributed by atoms with Gasteiger partial charge in [0, 0.05) is 23.3 Å². The second kappa shape index (κ2) is 9.71. The van der Waals surface area contributed by atoms with Crippen molar-refractivity contribution in [3.8, 4) is 0 Å². The minimum Gasteiger partial charge on any atom is -0.200 e. The van der Waals surface area contributed by atoms with Crippen molar-refractivity contribution in [2.75, 3.05) is 0 Å². The molecule has 2 aliphatic rings. The van der Waals surface area contributed by atoms with Gasteiger partial charge in [-0.1, -0.05) is 47.5 Å². The van der Waals surface area contributed by atoms with Crippen molar-refractivity contribution in [2.24, 2.45) is 22.0 Å². The van der Waals surface area contributed by atoms with Gasteiger partial charge in [-0.3, -0.25) is 0 Å². The first-order valence-corrected chi connectivity index (χ1v) is 14.1. The van der Waals surface area contributed by atoms with Crippen LogP contribution in [-0.4, -0.2) is 28.3 Å². The molecule has 0 unspecified atom stereocenters. The number of fused-ring (bicyclic) bond motifs is 1. The summed E-state index contributed by atoms with van der Waals surface area (Å²) in [6.07, 6.45) is 6.47. The summed E-state index contributed by atoms with van der Waals surface area (Å²) >= 11 is 0. The van der Waals surface area contributed by atoms with Gasteiger partial charge in [-0.05, 0) is 63.8 Å². The second-order valence-corrected chi connectivity index (χ2v) is 12.0. The monoisotopic (exact) mass is 500 g/mol. The Kier molecular flexibility index (Phi) is 6.90. The molecule has 8 nitrogen and oxygen atoms in total. The van der Waals surface area contributed by atoms with Gasteiger partial charge in [0.2, 0.25) is 0 Å². The number of rotatable bonds is 6. The van der Waals surface area contributed by atoms with E-state index < -0.39 is 20.0 Å². The zero-order chi connectivity index (χ0) is 24.3. The van der Waals surface area contributed by atoms with Gasteiger partial charge in [0.1, 0.15) is 0 Å². The number of allylic oxidation sites excluding steroid dienone is 2. The van der Waals surface area contributed by atoms with Crippen molar-refractivity contribution in [3.05, 3.63) is 71.8 Å². The van der Waals surface area contributed by atoms with Crippen molar-refractivity contribution in [3.63, 3.8) is 0 Å². The van der Waals surface area contributed by atoms with Crippen LogP contribution in [0.4, 0.5) is 0 Å². The molecule has 0 amide bonds. The summed E-state index contributed by atoms with van der Waals surface area (Å²) in [5, 5.41) is 8.58. The van der Waals surface area contributed by atoms with Crippen molar-refractivity contribution >= 4 is 31.5 Å². The molecule has 34 heavy (non-hydrogen) atoms. The molecule has 10 heteroatoms. The van der Waals surface area contributed by atoms with Crippen LogP contribution in [0.2, 0.25) is 0 Å².